The third kappa shape index (κ3) is 5.16. The van der Waals surface area contributed by atoms with Crippen molar-refractivity contribution in [3.8, 4) is 11.5 Å². The molecule has 0 saturated carbocycles. The number of methoxy groups -OCH3 is 1. The van der Waals surface area contributed by atoms with Gasteiger partial charge in [0.2, 0.25) is 0 Å². The minimum Gasteiger partial charge on any atom is -0.494 e. The average molecular weight is 394 g/mol. The number of benzene rings is 2. The zero-order valence-corrected chi connectivity index (χ0v) is 16.4. The molecule has 0 bridgehead atoms. The molecule has 7 heteroatoms. The van der Waals surface area contributed by atoms with Crippen molar-refractivity contribution in [2.75, 3.05) is 24.4 Å². The molecule has 3 aromatic rings. The van der Waals surface area contributed by atoms with Gasteiger partial charge in [-0.3, -0.25) is 9.59 Å². The second kappa shape index (κ2) is 8.97. The van der Waals surface area contributed by atoms with E-state index in [0.717, 1.165) is 11.1 Å². The number of ether oxygens (including phenoxy) is 2. The Labute approximate surface area is 168 Å². The Balaban J connectivity index is 1.61. The van der Waals surface area contributed by atoms with Crippen LogP contribution in [-0.2, 0) is 4.79 Å². The van der Waals surface area contributed by atoms with Crippen molar-refractivity contribution in [1.82, 2.24) is 0 Å². The van der Waals surface area contributed by atoms with Gasteiger partial charge in [0.25, 0.3) is 11.8 Å². The predicted molar refractivity (Wildman–Crippen MR) is 110 cm³/mol. The van der Waals surface area contributed by atoms with Crippen LogP contribution in [0.15, 0.2) is 59.2 Å². The van der Waals surface area contributed by atoms with Gasteiger partial charge < -0.3 is 24.5 Å². The summed E-state index contributed by atoms with van der Waals surface area (Å²) in [7, 11) is 1.48. The van der Waals surface area contributed by atoms with Crippen molar-refractivity contribution in [3.63, 3.8) is 0 Å². The first kappa shape index (κ1) is 20.0. The minimum absolute atomic E-state index is 0.122. The zero-order valence-electron chi connectivity index (χ0n) is 16.4. The van der Waals surface area contributed by atoms with Crippen molar-refractivity contribution in [1.29, 1.82) is 0 Å². The fourth-order valence-corrected chi connectivity index (χ4v) is 2.77. The van der Waals surface area contributed by atoms with Crippen LogP contribution in [-0.4, -0.2) is 25.5 Å². The molecule has 1 aromatic heterocycles. The van der Waals surface area contributed by atoms with Crippen LogP contribution in [0, 0.1) is 13.8 Å². The third-order valence-electron chi connectivity index (χ3n) is 4.17. The summed E-state index contributed by atoms with van der Waals surface area (Å²) in [5.41, 5.74) is 3.08. The molecule has 3 rings (SSSR count). The Morgan fingerprint density at radius 1 is 1.00 bits per heavy atom. The molecule has 150 valence electrons. The number of anilines is 2. The van der Waals surface area contributed by atoms with Gasteiger partial charge in [0, 0.05) is 11.8 Å². The molecule has 0 saturated heterocycles. The number of furan rings is 1. The van der Waals surface area contributed by atoms with Crippen molar-refractivity contribution in [2.24, 2.45) is 0 Å². The lowest BCUT2D eigenvalue weighted by molar-refractivity contribution is -0.118. The van der Waals surface area contributed by atoms with Crippen LogP contribution in [0.1, 0.15) is 21.7 Å². The molecule has 0 aliphatic carbocycles. The van der Waals surface area contributed by atoms with E-state index in [4.69, 9.17) is 13.9 Å². The maximum atomic E-state index is 12.2. The van der Waals surface area contributed by atoms with Gasteiger partial charge >= 0.3 is 0 Å². The van der Waals surface area contributed by atoms with Crippen LogP contribution in [0.2, 0.25) is 0 Å². The molecule has 29 heavy (non-hydrogen) atoms. The van der Waals surface area contributed by atoms with Crippen LogP contribution >= 0.6 is 0 Å². The predicted octanol–water partition coefficient (Wildman–Crippen LogP) is 4.17. The number of amides is 2. The Morgan fingerprint density at radius 3 is 2.52 bits per heavy atom. The molecular formula is C22H22N2O5. The lowest BCUT2D eigenvalue weighted by Crippen LogP contribution is -2.20. The summed E-state index contributed by atoms with van der Waals surface area (Å²) in [6.07, 6.45) is 1.42. The van der Waals surface area contributed by atoms with Gasteiger partial charge in [0.1, 0.15) is 11.5 Å². The van der Waals surface area contributed by atoms with Crippen molar-refractivity contribution < 1.29 is 23.5 Å². The van der Waals surface area contributed by atoms with Crippen molar-refractivity contribution >= 4 is 23.2 Å². The van der Waals surface area contributed by atoms with Gasteiger partial charge in [-0.25, -0.2) is 0 Å². The van der Waals surface area contributed by atoms with E-state index in [2.05, 4.69) is 10.6 Å². The molecule has 1 heterocycles. The normalized spacial score (nSPS) is 10.3. The molecule has 0 aliphatic rings. The van der Waals surface area contributed by atoms with Crippen LogP contribution < -0.4 is 20.1 Å². The van der Waals surface area contributed by atoms with Gasteiger partial charge in [-0.2, -0.15) is 0 Å². The number of rotatable bonds is 7. The smallest absolute Gasteiger partial charge is 0.291 e. The Morgan fingerprint density at radius 2 is 1.83 bits per heavy atom. The zero-order chi connectivity index (χ0) is 20.8. The Hall–Kier alpha value is -3.74. The standard InChI is InChI=1S/C22H22N2O5/c1-14-6-9-18(15(2)11-14)29-13-21(25)23-16-7-8-17(20(12-16)27-3)24-22(26)19-5-4-10-28-19/h4-12H,13H2,1-3H3,(H,23,25)(H,24,26). The number of carbonyl (C=O) groups is 2. The van der Waals surface area contributed by atoms with Crippen molar-refractivity contribution in [2.45, 2.75) is 13.8 Å². The first-order valence-corrected chi connectivity index (χ1v) is 8.99. The number of nitrogens with one attached hydrogen (secondary N) is 2. The van der Waals surface area contributed by atoms with Crippen molar-refractivity contribution in [3.05, 3.63) is 71.7 Å². The lowest BCUT2D eigenvalue weighted by Gasteiger charge is -2.13. The quantitative estimate of drug-likeness (QED) is 0.628. The van der Waals surface area contributed by atoms with Crippen LogP contribution in [0.5, 0.6) is 11.5 Å². The maximum Gasteiger partial charge on any atom is 0.291 e. The fraction of sp³-hybridized carbons (Fsp3) is 0.182. The highest BCUT2D eigenvalue weighted by Gasteiger charge is 2.13. The van der Waals surface area contributed by atoms with E-state index in [0.29, 0.717) is 22.9 Å². The summed E-state index contributed by atoms with van der Waals surface area (Å²) in [5, 5.41) is 5.46. The van der Waals surface area contributed by atoms with E-state index in [1.807, 2.05) is 32.0 Å². The summed E-state index contributed by atoms with van der Waals surface area (Å²) in [6, 6.07) is 13.9. The maximum absolute atomic E-state index is 12.2. The van der Waals surface area contributed by atoms with E-state index >= 15 is 0 Å². The molecule has 0 unspecified atom stereocenters. The molecule has 2 amide bonds. The molecule has 0 fully saturated rings. The summed E-state index contributed by atoms with van der Waals surface area (Å²) < 4.78 is 16.0. The summed E-state index contributed by atoms with van der Waals surface area (Å²) in [4.78, 5) is 24.4. The first-order chi connectivity index (χ1) is 14.0. The molecule has 0 aliphatic heterocycles. The minimum atomic E-state index is -0.396. The second-order valence-electron chi connectivity index (χ2n) is 6.45. The monoisotopic (exact) mass is 394 g/mol. The van der Waals surface area contributed by atoms with Gasteiger partial charge in [-0.05, 0) is 49.7 Å². The number of aryl methyl sites for hydroxylation is 2. The molecular weight excluding hydrogens is 372 g/mol. The third-order valence-corrected chi connectivity index (χ3v) is 4.17. The molecule has 0 spiro atoms. The number of hydrogen-bond acceptors (Lipinski definition) is 5. The molecule has 7 nitrogen and oxygen atoms in total. The molecule has 2 aromatic carbocycles. The fourth-order valence-electron chi connectivity index (χ4n) is 2.77. The summed E-state index contributed by atoms with van der Waals surface area (Å²) >= 11 is 0. The van der Waals surface area contributed by atoms with E-state index in [9.17, 15) is 9.59 Å². The van der Waals surface area contributed by atoms with Crippen LogP contribution in [0.3, 0.4) is 0 Å². The molecule has 0 radical (unpaired) electrons. The number of carbonyl (C=O) groups excluding carboxylic acids is 2. The highest BCUT2D eigenvalue weighted by Crippen LogP contribution is 2.28. The van der Waals surface area contributed by atoms with E-state index < -0.39 is 5.91 Å². The van der Waals surface area contributed by atoms with Crippen LogP contribution in [0.25, 0.3) is 0 Å². The van der Waals surface area contributed by atoms with Gasteiger partial charge in [0.15, 0.2) is 12.4 Å². The van der Waals surface area contributed by atoms with Crippen LogP contribution in [0.4, 0.5) is 11.4 Å². The largest absolute Gasteiger partial charge is 0.494 e. The SMILES string of the molecule is COc1cc(NC(=O)COc2ccc(C)cc2C)ccc1NC(=O)c1ccco1. The lowest BCUT2D eigenvalue weighted by atomic mass is 10.1. The summed E-state index contributed by atoms with van der Waals surface area (Å²) in [5.74, 6) is 0.552. The first-order valence-electron chi connectivity index (χ1n) is 8.99. The molecule has 0 atom stereocenters. The van der Waals surface area contributed by atoms with Gasteiger partial charge in [-0.15, -0.1) is 0 Å². The molecule has 2 N–H and O–H groups in total. The number of hydrogen-bond donors (Lipinski definition) is 2. The Bertz CT molecular complexity index is 1010. The summed E-state index contributed by atoms with van der Waals surface area (Å²) in [6.45, 7) is 3.81. The van der Waals surface area contributed by atoms with E-state index in [1.165, 1.54) is 13.4 Å². The Kier molecular flexibility index (Phi) is 6.19. The van der Waals surface area contributed by atoms with E-state index in [1.54, 1.807) is 30.3 Å². The topological polar surface area (TPSA) is 89.8 Å². The average Bonchev–Trinajstić information content (AvgIpc) is 3.23. The second-order valence-corrected chi connectivity index (χ2v) is 6.45. The van der Waals surface area contributed by atoms with Gasteiger partial charge in [0.05, 0.1) is 19.1 Å². The highest BCUT2D eigenvalue weighted by atomic mass is 16.5. The van der Waals surface area contributed by atoms with E-state index in [-0.39, 0.29) is 18.3 Å². The highest BCUT2D eigenvalue weighted by molar-refractivity contribution is 6.03. The van der Waals surface area contributed by atoms with Gasteiger partial charge in [-0.1, -0.05) is 17.7 Å².